The summed E-state index contributed by atoms with van der Waals surface area (Å²) in [7, 11) is 1.41. The first-order valence-corrected chi connectivity index (χ1v) is 13.8. The van der Waals surface area contributed by atoms with Gasteiger partial charge in [-0.25, -0.2) is 9.78 Å². The smallest absolute Gasteiger partial charge is 0.337 e. The summed E-state index contributed by atoms with van der Waals surface area (Å²) in [6, 6.07) is 5.49. The Hall–Kier alpha value is -1.84. The average molecular weight is 457 g/mol. The van der Waals surface area contributed by atoms with Crippen LogP contribution in [0.15, 0.2) is 18.2 Å². The van der Waals surface area contributed by atoms with Crippen molar-refractivity contribution in [3.63, 3.8) is 0 Å². The molecule has 4 nitrogen and oxygen atoms in total. The number of benzene rings is 1. The van der Waals surface area contributed by atoms with Gasteiger partial charge >= 0.3 is 5.97 Å². The number of esters is 1. The molecule has 0 unspecified atom stereocenters. The molecule has 0 aliphatic rings. The highest BCUT2D eigenvalue weighted by Crippen LogP contribution is 2.17. The minimum atomic E-state index is -0.309. The summed E-state index contributed by atoms with van der Waals surface area (Å²) in [4.78, 5) is 19.7. The van der Waals surface area contributed by atoms with Crippen molar-refractivity contribution in [1.29, 1.82) is 0 Å². The van der Waals surface area contributed by atoms with E-state index >= 15 is 0 Å². The number of ether oxygens (including phenoxy) is 1. The van der Waals surface area contributed by atoms with E-state index in [1.807, 2.05) is 12.1 Å². The highest BCUT2D eigenvalue weighted by atomic mass is 16.5. The van der Waals surface area contributed by atoms with Crippen molar-refractivity contribution in [2.75, 3.05) is 7.11 Å². The Labute approximate surface area is 202 Å². The van der Waals surface area contributed by atoms with Gasteiger partial charge in [0.15, 0.2) is 0 Å². The first-order valence-electron chi connectivity index (χ1n) is 13.8. The highest BCUT2D eigenvalue weighted by molar-refractivity contribution is 5.93. The molecule has 0 saturated heterocycles. The van der Waals surface area contributed by atoms with Gasteiger partial charge in [0.25, 0.3) is 0 Å². The number of nitrogens with one attached hydrogen (secondary N) is 1. The molecule has 0 radical (unpaired) electrons. The molecule has 1 aromatic carbocycles. The minimum absolute atomic E-state index is 0.309. The van der Waals surface area contributed by atoms with E-state index in [0.29, 0.717) is 5.56 Å². The number of H-pyrrole nitrogens is 1. The lowest BCUT2D eigenvalue weighted by Gasteiger charge is -2.03. The molecule has 186 valence electrons. The van der Waals surface area contributed by atoms with E-state index < -0.39 is 0 Å². The molecular formula is C29H48N2O2. The molecule has 0 aliphatic carbocycles. The first-order chi connectivity index (χ1) is 16.2. The average Bonchev–Trinajstić information content (AvgIpc) is 3.24. The second-order valence-corrected chi connectivity index (χ2v) is 9.67. The van der Waals surface area contributed by atoms with Crippen LogP contribution in [-0.4, -0.2) is 23.0 Å². The normalized spacial score (nSPS) is 11.3. The number of hydrogen-bond donors (Lipinski definition) is 1. The molecule has 2 aromatic rings. The van der Waals surface area contributed by atoms with Gasteiger partial charge in [-0.2, -0.15) is 0 Å². The number of hydrogen-bond acceptors (Lipinski definition) is 3. The van der Waals surface area contributed by atoms with Crippen molar-refractivity contribution in [3.8, 4) is 0 Å². The van der Waals surface area contributed by atoms with Crippen LogP contribution >= 0.6 is 0 Å². The molecule has 1 N–H and O–H groups in total. The Morgan fingerprint density at radius 1 is 0.758 bits per heavy atom. The van der Waals surface area contributed by atoms with Crippen molar-refractivity contribution in [2.45, 2.75) is 129 Å². The van der Waals surface area contributed by atoms with Gasteiger partial charge in [-0.15, -0.1) is 0 Å². The van der Waals surface area contributed by atoms with E-state index in [0.717, 1.165) is 23.3 Å². The molecule has 0 saturated carbocycles. The number of aromatic amines is 1. The number of carbonyl (C=O) groups excluding carboxylic acids is 1. The van der Waals surface area contributed by atoms with Gasteiger partial charge in [0, 0.05) is 6.42 Å². The third-order valence-electron chi connectivity index (χ3n) is 6.72. The lowest BCUT2D eigenvalue weighted by Crippen LogP contribution is -2.00. The van der Waals surface area contributed by atoms with Gasteiger partial charge in [0.05, 0.1) is 23.7 Å². The van der Waals surface area contributed by atoms with Gasteiger partial charge in [0.2, 0.25) is 0 Å². The topological polar surface area (TPSA) is 55.0 Å². The van der Waals surface area contributed by atoms with Gasteiger partial charge in [-0.05, 0) is 24.6 Å². The number of imidazole rings is 1. The predicted octanol–water partition coefficient (Wildman–Crippen LogP) is 8.93. The Morgan fingerprint density at radius 3 is 1.73 bits per heavy atom. The molecule has 4 heteroatoms. The lowest BCUT2D eigenvalue weighted by molar-refractivity contribution is 0.0601. The highest BCUT2D eigenvalue weighted by Gasteiger charge is 2.09. The fourth-order valence-electron chi connectivity index (χ4n) is 4.62. The third-order valence-corrected chi connectivity index (χ3v) is 6.72. The Balaban J connectivity index is 1.38. The SMILES string of the molecule is CCCCCCCCCCCCCCCCCCCCc1nc2ccc(C(=O)OC)cc2[nH]1. The van der Waals surface area contributed by atoms with Gasteiger partial charge in [0.1, 0.15) is 5.82 Å². The number of aryl methyl sites for hydroxylation is 1. The molecular weight excluding hydrogens is 408 g/mol. The first kappa shape index (κ1) is 27.4. The monoisotopic (exact) mass is 456 g/mol. The Kier molecular flexibility index (Phi) is 14.6. The fourth-order valence-corrected chi connectivity index (χ4v) is 4.62. The number of carbonyl (C=O) groups is 1. The van der Waals surface area contributed by atoms with Crippen molar-refractivity contribution in [1.82, 2.24) is 9.97 Å². The van der Waals surface area contributed by atoms with Crippen LogP contribution in [0.3, 0.4) is 0 Å². The summed E-state index contributed by atoms with van der Waals surface area (Å²) in [6.45, 7) is 2.29. The number of methoxy groups -OCH3 is 1. The Bertz CT molecular complexity index is 768. The zero-order valence-corrected chi connectivity index (χ0v) is 21.4. The van der Waals surface area contributed by atoms with E-state index in [9.17, 15) is 4.79 Å². The maximum atomic E-state index is 11.7. The molecule has 1 aromatic heterocycles. The van der Waals surface area contributed by atoms with Crippen LogP contribution in [0.2, 0.25) is 0 Å². The quantitative estimate of drug-likeness (QED) is 0.160. The number of unbranched alkanes of at least 4 members (excludes halogenated alkanes) is 17. The van der Waals surface area contributed by atoms with E-state index in [2.05, 4.69) is 16.9 Å². The van der Waals surface area contributed by atoms with Crippen molar-refractivity contribution < 1.29 is 9.53 Å². The maximum absolute atomic E-state index is 11.7. The molecule has 0 aliphatic heterocycles. The van der Waals surface area contributed by atoms with Crippen molar-refractivity contribution >= 4 is 17.0 Å². The summed E-state index contributed by atoms with van der Waals surface area (Å²) >= 11 is 0. The van der Waals surface area contributed by atoms with Crippen LogP contribution in [-0.2, 0) is 11.2 Å². The standard InChI is InChI=1S/C29H48N2O2/c1-3-4-5-6-7-8-9-10-11-12-13-14-15-16-17-18-19-20-21-28-30-26-23-22-25(29(32)33-2)24-27(26)31-28/h22-24H,3-21H2,1-2H3,(H,30,31). The summed E-state index contributed by atoms with van der Waals surface area (Å²) < 4.78 is 4.79. The van der Waals surface area contributed by atoms with E-state index in [-0.39, 0.29) is 5.97 Å². The van der Waals surface area contributed by atoms with Crippen LogP contribution in [0.1, 0.15) is 139 Å². The number of rotatable bonds is 20. The largest absolute Gasteiger partial charge is 0.465 e. The van der Waals surface area contributed by atoms with E-state index in [4.69, 9.17) is 4.74 Å². The second kappa shape index (κ2) is 17.6. The van der Waals surface area contributed by atoms with Crippen LogP contribution < -0.4 is 0 Å². The van der Waals surface area contributed by atoms with Gasteiger partial charge in [-0.3, -0.25) is 0 Å². The second-order valence-electron chi connectivity index (χ2n) is 9.67. The Morgan fingerprint density at radius 2 is 1.24 bits per heavy atom. The van der Waals surface area contributed by atoms with Gasteiger partial charge in [-0.1, -0.05) is 116 Å². The number of aromatic nitrogens is 2. The maximum Gasteiger partial charge on any atom is 0.337 e. The molecule has 0 atom stereocenters. The molecule has 0 spiro atoms. The summed E-state index contributed by atoms with van der Waals surface area (Å²) in [6.07, 6.45) is 26.1. The number of fused-ring (bicyclic) bond motifs is 1. The summed E-state index contributed by atoms with van der Waals surface area (Å²) in [5.74, 6) is 0.708. The van der Waals surface area contributed by atoms with Crippen LogP contribution in [0.4, 0.5) is 0 Å². The molecule has 0 amide bonds. The fraction of sp³-hybridized carbons (Fsp3) is 0.724. The lowest BCUT2D eigenvalue weighted by atomic mass is 10.0. The molecule has 0 bridgehead atoms. The zero-order chi connectivity index (χ0) is 23.6. The molecule has 2 rings (SSSR count). The molecule has 0 fully saturated rings. The third kappa shape index (κ3) is 11.7. The minimum Gasteiger partial charge on any atom is -0.465 e. The molecule has 1 heterocycles. The predicted molar refractivity (Wildman–Crippen MR) is 140 cm³/mol. The van der Waals surface area contributed by atoms with Crippen LogP contribution in [0.25, 0.3) is 11.0 Å². The number of nitrogens with zero attached hydrogens (tertiary/aromatic N) is 1. The van der Waals surface area contributed by atoms with Gasteiger partial charge < -0.3 is 9.72 Å². The summed E-state index contributed by atoms with van der Waals surface area (Å²) in [5.41, 5.74) is 2.39. The van der Waals surface area contributed by atoms with E-state index in [1.165, 1.54) is 123 Å². The molecule has 33 heavy (non-hydrogen) atoms. The van der Waals surface area contributed by atoms with Crippen molar-refractivity contribution in [3.05, 3.63) is 29.6 Å². The van der Waals surface area contributed by atoms with Crippen LogP contribution in [0, 0.1) is 0 Å². The van der Waals surface area contributed by atoms with Crippen molar-refractivity contribution in [2.24, 2.45) is 0 Å². The van der Waals surface area contributed by atoms with Crippen LogP contribution in [0.5, 0.6) is 0 Å². The zero-order valence-electron chi connectivity index (χ0n) is 21.4. The van der Waals surface area contributed by atoms with E-state index in [1.54, 1.807) is 6.07 Å². The summed E-state index contributed by atoms with van der Waals surface area (Å²) in [5, 5.41) is 0.